The van der Waals surface area contributed by atoms with Gasteiger partial charge >= 0.3 is 5.69 Å². The SMILES string of the molecule is O=C(Nc1ccccc1Nc1nc(Nc2ccc(N3CCS(=O)(=O)CC3)cc2)ncc1[N+](=O)[O-])C1CC1. The minimum absolute atomic E-state index is 0.00610. The van der Waals surface area contributed by atoms with Crippen LogP contribution >= 0.6 is 0 Å². The van der Waals surface area contributed by atoms with E-state index >= 15 is 0 Å². The van der Waals surface area contributed by atoms with Gasteiger partial charge in [0.15, 0.2) is 9.84 Å². The fraction of sp³-hybridized carbons (Fsp3) is 0.292. The van der Waals surface area contributed by atoms with Gasteiger partial charge in [-0.2, -0.15) is 4.98 Å². The molecule has 1 aliphatic heterocycles. The van der Waals surface area contributed by atoms with Crippen LogP contribution in [0.1, 0.15) is 12.8 Å². The first-order valence-corrected chi connectivity index (χ1v) is 13.6. The summed E-state index contributed by atoms with van der Waals surface area (Å²) in [6.07, 6.45) is 2.83. The van der Waals surface area contributed by atoms with Gasteiger partial charge in [-0.15, -0.1) is 0 Å². The smallest absolute Gasteiger partial charge is 0.329 e. The van der Waals surface area contributed by atoms with E-state index in [1.54, 1.807) is 36.4 Å². The molecule has 2 heterocycles. The fourth-order valence-corrected chi connectivity index (χ4v) is 5.13. The number of aromatic nitrogens is 2. The minimum atomic E-state index is -2.96. The predicted molar refractivity (Wildman–Crippen MR) is 140 cm³/mol. The molecule has 37 heavy (non-hydrogen) atoms. The molecule has 1 aliphatic carbocycles. The van der Waals surface area contributed by atoms with Crippen LogP contribution in [0, 0.1) is 16.0 Å². The molecule has 1 saturated carbocycles. The van der Waals surface area contributed by atoms with Gasteiger partial charge in [0.1, 0.15) is 6.20 Å². The average Bonchev–Trinajstić information content (AvgIpc) is 3.72. The zero-order valence-corrected chi connectivity index (χ0v) is 20.6. The number of benzene rings is 2. The maximum absolute atomic E-state index is 12.3. The molecule has 192 valence electrons. The molecular weight excluding hydrogens is 498 g/mol. The van der Waals surface area contributed by atoms with Crippen LogP contribution < -0.4 is 20.9 Å². The number of nitrogens with zero attached hydrogens (tertiary/aromatic N) is 4. The lowest BCUT2D eigenvalue weighted by Crippen LogP contribution is -2.40. The average molecular weight is 524 g/mol. The molecule has 5 rings (SSSR count). The number of para-hydroxylation sites is 2. The first-order valence-electron chi connectivity index (χ1n) is 11.8. The van der Waals surface area contributed by atoms with Crippen LogP contribution in [0.25, 0.3) is 0 Å². The minimum Gasteiger partial charge on any atom is -0.369 e. The van der Waals surface area contributed by atoms with Crippen LogP contribution in [0.15, 0.2) is 54.7 Å². The summed E-state index contributed by atoms with van der Waals surface area (Å²) >= 11 is 0. The van der Waals surface area contributed by atoms with Crippen molar-refractivity contribution >= 4 is 55.9 Å². The molecule has 0 unspecified atom stereocenters. The third-order valence-corrected chi connectivity index (χ3v) is 7.79. The lowest BCUT2D eigenvalue weighted by atomic mass is 10.2. The van der Waals surface area contributed by atoms with Gasteiger partial charge in [0.2, 0.25) is 17.7 Å². The number of hydrogen-bond donors (Lipinski definition) is 3. The van der Waals surface area contributed by atoms with Crippen molar-refractivity contribution in [2.45, 2.75) is 12.8 Å². The molecule has 0 atom stereocenters. The van der Waals surface area contributed by atoms with Crippen LogP contribution in [0.3, 0.4) is 0 Å². The highest BCUT2D eigenvalue weighted by Gasteiger charge is 2.30. The molecule has 1 saturated heterocycles. The molecule has 0 bridgehead atoms. The summed E-state index contributed by atoms with van der Waals surface area (Å²) in [7, 11) is -2.96. The van der Waals surface area contributed by atoms with E-state index in [2.05, 4.69) is 25.9 Å². The maximum Gasteiger partial charge on any atom is 0.329 e. The normalized spacial score (nSPS) is 16.6. The second-order valence-electron chi connectivity index (χ2n) is 8.93. The fourth-order valence-electron chi connectivity index (χ4n) is 3.93. The van der Waals surface area contributed by atoms with Crippen LogP contribution in [0.4, 0.5) is 40.2 Å². The largest absolute Gasteiger partial charge is 0.369 e. The Balaban J connectivity index is 1.33. The molecule has 0 radical (unpaired) electrons. The van der Waals surface area contributed by atoms with Crippen molar-refractivity contribution in [3.63, 3.8) is 0 Å². The Kier molecular flexibility index (Phi) is 6.61. The maximum atomic E-state index is 12.3. The van der Waals surface area contributed by atoms with Gasteiger partial charge in [0.05, 0.1) is 27.8 Å². The summed E-state index contributed by atoms with van der Waals surface area (Å²) < 4.78 is 23.3. The number of carbonyl (C=O) groups is 1. The highest BCUT2D eigenvalue weighted by Crippen LogP contribution is 2.34. The highest BCUT2D eigenvalue weighted by atomic mass is 32.2. The van der Waals surface area contributed by atoms with Crippen LogP contribution in [-0.2, 0) is 14.6 Å². The van der Waals surface area contributed by atoms with E-state index in [9.17, 15) is 23.3 Å². The Morgan fingerprint density at radius 3 is 2.32 bits per heavy atom. The van der Waals surface area contributed by atoms with E-state index in [1.165, 1.54) is 0 Å². The Bertz CT molecular complexity index is 1430. The van der Waals surface area contributed by atoms with Crippen molar-refractivity contribution < 1.29 is 18.1 Å². The van der Waals surface area contributed by atoms with Crippen molar-refractivity contribution in [2.24, 2.45) is 5.92 Å². The number of sulfone groups is 1. The summed E-state index contributed by atoms with van der Waals surface area (Å²) in [6.45, 7) is 0.885. The number of anilines is 6. The molecule has 1 amide bonds. The number of amides is 1. The van der Waals surface area contributed by atoms with Crippen molar-refractivity contribution in [3.05, 3.63) is 64.8 Å². The van der Waals surface area contributed by atoms with E-state index in [-0.39, 0.29) is 40.8 Å². The second kappa shape index (κ2) is 10.0. The standard InChI is InChI=1S/C24H25N7O5S/c32-23(16-5-6-16)28-20-4-2-1-3-19(20)27-22-21(31(33)34)15-25-24(29-22)26-17-7-9-18(10-8-17)30-11-13-37(35,36)14-12-30/h1-4,7-10,15-16H,5-6,11-14H2,(H,28,32)(H2,25,26,27,29). The van der Waals surface area contributed by atoms with Crippen molar-refractivity contribution in [1.82, 2.24) is 9.97 Å². The van der Waals surface area contributed by atoms with Crippen LogP contribution in [0.5, 0.6) is 0 Å². The van der Waals surface area contributed by atoms with Crippen molar-refractivity contribution in [1.29, 1.82) is 0 Å². The molecule has 3 aromatic rings. The van der Waals surface area contributed by atoms with E-state index < -0.39 is 14.8 Å². The number of nitro groups is 1. The van der Waals surface area contributed by atoms with Crippen molar-refractivity contribution in [3.8, 4) is 0 Å². The summed E-state index contributed by atoms with van der Waals surface area (Å²) in [5.41, 5.74) is 2.21. The predicted octanol–water partition coefficient (Wildman–Crippen LogP) is 3.46. The summed E-state index contributed by atoms with van der Waals surface area (Å²) in [6, 6.07) is 14.3. The Morgan fingerprint density at radius 1 is 1.00 bits per heavy atom. The third-order valence-electron chi connectivity index (χ3n) is 6.19. The molecule has 1 aromatic heterocycles. The molecule has 2 aromatic carbocycles. The summed E-state index contributed by atoms with van der Waals surface area (Å²) in [4.78, 5) is 33.7. The highest BCUT2D eigenvalue weighted by molar-refractivity contribution is 7.91. The summed E-state index contributed by atoms with van der Waals surface area (Å²) in [5.74, 6) is 0.306. The summed E-state index contributed by atoms with van der Waals surface area (Å²) in [5, 5.41) is 20.5. The lowest BCUT2D eigenvalue weighted by Gasteiger charge is -2.28. The monoisotopic (exact) mass is 523 g/mol. The van der Waals surface area contributed by atoms with Gasteiger partial charge in [-0.3, -0.25) is 14.9 Å². The van der Waals surface area contributed by atoms with E-state index in [1.807, 2.05) is 17.0 Å². The Morgan fingerprint density at radius 2 is 1.68 bits per heavy atom. The van der Waals surface area contributed by atoms with Gasteiger partial charge in [0, 0.05) is 30.4 Å². The van der Waals surface area contributed by atoms with Crippen LogP contribution in [-0.4, -0.2) is 53.8 Å². The topological polar surface area (TPSA) is 159 Å². The van der Waals surface area contributed by atoms with E-state index in [4.69, 9.17) is 0 Å². The first kappa shape index (κ1) is 24.4. The molecular formula is C24H25N7O5S. The zero-order valence-electron chi connectivity index (χ0n) is 19.8. The zero-order chi connectivity index (χ0) is 26.0. The molecule has 13 heteroatoms. The van der Waals surface area contributed by atoms with Gasteiger partial charge in [-0.05, 0) is 49.2 Å². The van der Waals surface area contributed by atoms with Gasteiger partial charge in [0.25, 0.3) is 0 Å². The van der Waals surface area contributed by atoms with Crippen molar-refractivity contribution in [2.75, 3.05) is 45.4 Å². The Labute approximate surface area is 213 Å². The molecule has 0 spiro atoms. The number of hydrogen-bond acceptors (Lipinski definition) is 10. The number of carbonyl (C=O) groups excluding carboxylic acids is 1. The second-order valence-corrected chi connectivity index (χ2v) is 11.2. The third kappa shape index (κ3) is 5.94. The number of rotatable bonds is 8. The lowest BCUT2D eigenvalue weighted by molar-refractivity contribution is -0.384. The van der Waals surface area contributed by atoms with E-state index in [0.29, 0.717) is 30.2 Å². The Hall–Kier alpha value is -4.26. The number of nitrogens with one attached hydrogen (secondary N) is 3. The van der Waals surface area contributed by atoms with Gasteiger partial charge in [-0.25, -0.2) is 13.4 Å². The van der Waals surface area contributed by atoms with Gasteiger partial charge in [-0.1, -0.05) is 12.1 Å². The molecule has 2 aliphatic rings. The molecule has 12 nitrogen and oxygen atoms in total. The molecule has 2 fully saturated rings. The quantitative estimate of drug-likeness (QED) is 0.295. The molecule has 3 N–H and O–H groups in total. The van der Waals surface area contributed by atoms with Crippen LogP contribution in [0.2, 0.25) is 0 Å². The van der Waals surface area contributed by atoms with Gasteiger partial charge < -0.3 is 20.9 Å². The first-order chi connectivity index (χ1) is 17.8. The van der Waals surface area contributed by atoms with E-state index in [0.717, 1.165) is 24.7 Å².